The molecule has 2 aromatic heterocycles. The van der Waals surface area contributed by atoms with Crippen LogP contribution in [0, 0.1) is 0 Å². The summed E-state index contributed by atoms with van der Waals surface area (Å²) in [6.07, 6.45) is 0. The Hall–Kier alpha value is -2.61. The van der Waals surface area contributed by atoms with Crippen LogP contribution in [0.2, 0.25) is 0 Å². The minimum absolute atomic E-state index is 0.00475. The lowest BCUT2D eigenvalue weighted by Crippen LogP contribution is -2.16. The first-order chi connectivity index (χ1) is 10.9. The van der Waals surface area contributed by atoms with Gasteiger partial charge >= 0.3 is 5.63 Å². The Balaban J connectivity index is 0.000000140. The summed E-state index contributed by atoms with van der Waals surface area (Å²) in [6, 6.07) is 22.3. The second-order valence-corrected chi connectivity index (χ2v) is 6.69. The van der Waals surface area contributed by atoms with Crippen LogP contribution in [0.4, 0.5) is 0 Å². The lowest BCUT2D eigenvalue weighted by atomic mass is 9.85. The van der Waals surface area contributed by atoms with E-state index in [1.165, 1.54) is 10.8 Å². The maximum Gasteiger partial charge on any atom is 0.343 e. The van der Waals surface area contributed by atoms with Crippen molar-refractivity contribution in [3.05, 3.63) is 82.7 Å². The summed E-state index contributed by atoms with van der Waals surface area (Å²) in [5, 5.41) is 3.32. The number of benzene rings is 3. The highest BCUT2D eigenvalue weighted by atomic mass is 16.4. The third-order valence-electron chi connectivity index (χ3n) is 3.89. The summed E-state index contributed by atoms with van der Waals surface area (Å²) in [5.41, 5.74) is 1.52. The second kappa shape index (κ2) is 5.88. The molecule has 0 unspecified atom stereocenters. The van der Waals surface area contributed by atoms with Crippen molar-refractivity contribution in [2.24, 2.45) is 0 Å². The fourth-order valence-corrected chi connectivity index (χ4v) is 2.68. The van der Waals surface area contributed by atoms with E-state index in [9.17, 15) is 4.79 Å². The van der Waals surface area contributed by atoms with E-state index < -0.39 is 0 Å². The van der Waals surface area contributed by atoms with Gasteiger partial charge in [0.2, 0.25) is 0 Å². The normalized spacial score (nSPS) is 11.4. The molecular weight excluding hydrogens is 284 g/mol. The van der Waals surface area contributed by atoms with Crippen LogP contribution >= 0.6 is 0 Å². The predicted octanol–water partition coefficient (Wildman–Crippen LogP) is 5.37. The van der Waals surface area contributed by atoms with E-state index in [4.69, 9.17) is 4.42 Å². The van der Waals surface area contributed by atoms with E-state index in [0.29, 0.717) is 11.0 Å². The van der Waals surface area contributed by atoms with Crippen molar-refractivity contribution in [2.75, 3.05) is 0 Å². The van der Waals surface area contributed by atoms with Crippen molar-refractivity contribution in [3.8, 4) is 0 Å². The molecule has 2 heterocycles. The molecule has 0 N–H and O–H groups in total. The van der Waals surface area contributed by atoms with E-state index in [2.05, 4.69) is 69.3 Å². The van der Waals surface area contributed by atoms with Gasteiger partial charge in [-0.2, -0.15) is 0 Å². The molecule has 0 radical (unpaired) electrons. The van der Waals surface area contributed by atoms with Crippen LogP contribution < -0.4 is 5.63 Å². The van der Waals surface area contributed by atoms with Crippen molar-refractivity contribution < 1.29 is 4.42 Å². The number of hydrogen-bond donors (Lipinski definition) is 0. The standard InChI is InChI=1S/C11H12O2.C10H8/c1-11(2,3)9-6-7-4-5-8(9)10(12)13-7;1-2-6-10-8-4-3-7-9(10)5-1/h4-6H,1-3H3;1-8H. The average Bonchev–Trinajstić information content (AvgIpc) is 2.55. The van der Waals surface area contributed by atoms with Gasteiger partial charge in [0.15, 0.2) is 0 Å². The molecule has 5 aromatic rings. The molecule has 0 aliphatic rings. The fourth-order valence-electron chi connectivity index (χ4n) is 2.68. The Kier molecular flexibility index (Phi) is 3.91. The van der Waals surface area contributed by atoms with Gasteiger partial charge in [-0.05, 0) is 39.9 Å². The van der Waals surface area contributed by atoms with Gasteiger partial charge in [-0.25, -0.2) is 4.79 Å². The van der Waals surface area contributed by atoms with Crippen LogP contribution in [0.5, 0.6) is 0 Å². The van der Waals surface area contributed by atoms with E-state index >= 15 is 0 Å². The fraction of sp³-hybridized carbons (Fsp3) is 0.190. The Morgan fingerprint density at radius 1 is 0.783 bits per heavy atom. The van der Waals surface area contributed by atoms with Crippen LogP contribution in [0.25, 0.3) is 21.7 Å². The van der Waals surface area contributed by atoms with Crippen molar-refractivity contribution in [3.63, 3.8) is 0 Å². The minimum atomic E-state index is -0.218. The summed E-state index contributed by atoms with van der Waals surface area (Å²) >= 11 is 0. The van der Waals surface area contributed by atoms with Gasteiger partial charge in [0.25, 0.3) is 0 Å². The maximum atomic E-state index is 11.3. The van der Waals surface area contributed by atoms with Crippen molar-refractivity contribution in [1.29, 1.82) is 0 Å². The molecule has 0 fully saturated rings. The lowest BCUT2D eigenvalue weighted by Gasteiger charge is -2.20. The van der Waals surface area contributed by atoms with Gasteiger partial charge in [0.1, 0.15) is 5.58 Å². The van der Waals surface area contributed by atoms with Gasteiger partial charge < -0.3 is 4.42 Å². The van der Waals surface area contributed by atoms with Gasteiger partial charge in [-0.1, -0.05) is 69.3 Å². The second-order valence-electron chi connectivity index (χ2n) is 6.69. The van der Waals surface area contributed by atoms with Crippen LogP contribution in [0.3, 0.4) is 0 Å². The molecule has 5 rings (SSSR count). The summed E-state index contributed by atoms with van der Waals surface area (Å²) in [4.78, 5) is 11.3. The largest absolute Gasteiger partial charge is 0.423 e. The smallest absolute Gasteiger partial charge is 0.343 e. The first kappa shape index (κ1) is 15.3. The highest BCUT2D eigenvalue weighted by molar-refractivity contribution is 5.82. The summed E-state index contributed by atoms with van der Waals surface area (Å²) in [5.74, 6) is 0. The predicted molar refractivity (Wildman–Crippen MR) is 96.3 cm³/mol. The molecule has 2 bridgehead atoms. The zero-order valence-electron chi connectivity index (χ0n) is 13.7. The molecule has 2 heteroatoms. The van der Waals surface area contributed by atoms with Crippen LogP contribution in [0.1, 0.15) is 26.3 Å². The first-order valence-corrected chi connectivity index (χ1v) is 7.76. The molecule has 0 atom stereocenters. The average molecular weight is 304 g/mol. The molecule has 23 heavy (non-hydrogen) atoms. The molecule has 0 aliphatic carbocycles. The van der Waals surface area contributed by atoms with E-state index in [1.54, 1.807) is 0 Å². The summed E-state index contributed by atoms with van der Waals surface area (Å²) in [6.45, 7) is 6.27. The molecule has 3 aromatic carbocycles. The Bertz CT molecular complexity index is 909. The number of hydrogen-bond acceptors (Lipinski definition) is 2. The van der Waals surface area contributed by atoms with Crippen molar-refractivity contribution in [2.45, 2.75) is 26.2 Å². The zero-order chi connectivity index (χ0) is 16.4. The molecule has 0 aliphatic heterocycles. The zero-order valence-corrected chi connectivity index (χ0v) is 13.7. The van der Waals surface area contributed by atoms with Crippen LogP contribution in [0.15, 0.2) is 75.9 Å². The molecule has 0 saturated heterocycles. The van der Waals surface area contributed by atoms with Gasteiger partial charge in [0.05, 0.1) is 5.39 Å². The Labute approximate surface area is 135 Å². The Morgan fingerprint density at radius 2 is 1.30 bits per heavy atom. The van der Waals surface area contributed by atoms with Gasteiger partial charge in [-0.3, -0.25) is 0 Å². The van der Waals surface area contributed by atoms with E-state index in [-0.39, 0.29) is 11.0 Å². The topological polar surface area (TPSA) is 30.2 Å². The third kappa shape index (κ3) is 3.26. The molecule has 0 saturated carbocycles. The van der Waals surface area contributed by atoms with Crippen LogP contribution in [-0.4, -0.2) is 0 Å². The first-order valence-electron chi connectivity index (χ1n) is 7.76. The van der Waals surface area contributed by atoms with Gasteiger partial charge in [-0.15, -0.1) is 0 Å². The molecular formula is C21H20O2. The van der Waals surface area contributed by atoms with E-state index in [1.807, 2.05) is 18.2 Å². The summed E-state index contributed by atoms with van der Waals surface area (Å²) in [7, 11) is 0. The quantitative estimate of drug-likeness (QED) is 0.437. The highest BCUT2D eigenvalue weighted by Gasteiger charge is 2.19. The summed E-state index contributed by atoms with van der Waals surface area (Å²) < 4.78 is 4.99. The molecule has 116 valence electrons. The lowest BCUT2D eigenvalue weighted by molar-refractivity contribution is 0.541. The Morgan fingerprint density at radius 3 is 1.65 bits per heavy atom. The molecule has 0 spiro atoms. The molecule has 0 amide bonds. The SMILES string of the molecule is CC(C)(C)c1cc2ccc1c(=O)o2.c1ccc2ccccc2c1. The minimum Gasteiger partial charge on any atom is -0.423 e. The van der Waals surface area contributed by atoms with E-state index in [0.717, 1.165) is 5.56 Å². The van der Waals surface area contributed by atoms with Gasteiger partial charge in [0, 0.05) is 0 Å². The monoisotopic (exact) mass is 304 g/mol. The third-order valence-corrected chi connectivity index (χ3v) is 3.89. The highest BCUT2D eigenvalue weighted by Crippen LogP contribution is 2.27. The van der Waals surface area contributed by atoms with Crippen molar-refractivity contribution >= 4 is 21.7 Å². The van der Waals surface area contributed by atoms with Crippen LogP contribution in [-0.2, 0) is 5.41 Å². The maximum absolute atomic E-state index is 11.3. The number of rotatable bonds is 0. The number of fused-ring (bicyclic) bond motifs is 4. The molecule has 2 nitrogen and oxygen atoms in total. The van der Waals surface area contributed by atoms with Crippen molar-refractivity contribution in [1.82, 2.24) is 0 Å².